The Balaban J connectivity index is 1.91. The number of hydrogen-bond donors (Lipinski definition) is 3. The van der Waals surface area contributed by atoms with Gasteiger partial charge in [-0.15, -0.1) is 0 Å². The lowest BCUT2D eigenvalue weighted by atomic mass is 10.1. The van der Waals surface area contributed by atoms with Gasteiger partial charge in [-0.05, 0) is 43.7 Å². The predicted molar refractivity (Wildman–Crippen MR) is 136 cm³/mol. The largest absolute Gasteiger partial charge is 0.463 e. The highest BCUT2D eigenvalue weighted by Gasteiger charge is 2.56. The van der Waals surface area contributed by atoms with Crippen molar-refractivity contribution in [2.75, 3.05) is 12.8 Å². The molecule has 1 aliphatic heterocycles. The minimum Gasteiger partial charge on any atom is -0.463 e. The van der Waals surface area contributed by atoms with E-state index in [4.69, 9.17) is 30.7 Å². The van der Waals surface area contributed by atoms with E-state index in [0.29, 0.717) is 0 Å². The molecule has 0 spiro atoms. The van der Waals surface area contributed by atoms with E-state index in [1.165, 1.54) is 25.3 Å². The molecule has 2 aromatic rings. The summed E-state index contributed by atoms with van der Waals surface area (Å²) in [5.74, 6) is -1.39. The zero-order chi connectivity index (χ0) is 28.1. The molecule has 0 aliphatic carbocycles. The number of carbonyl (C=O) groups is 1. The molecule has 14 nitrogen and oxygen atoms in total. The second-order valence-electron chi connectivity index (χ2n) is 8.85. The number of azide groups is 1. The van der Waals surface area contributed by atoms with E-state index in [0.717, 1.165) is 10.6 Å². The number of aromatic amines is 1. The topological polar surface area (TPSA) is 198 Å². The van der Waals surface area contributed by atoms with Crippen LogP contribution in [0.2, 0.25) is 0 Å². The van der Waals surface area contributed by atoms with Crippen molar-refractivity contribution in [3.63, 3.8) is 0 Å². The van der Waals surface area contributed by atoms with Crippen molar-refractivity contribution in [2.24, 2.45) is 11.0 Å². The van der Waals surface area contributed by atoms with Crippen LogP contribution < -0.4 is 10.1 Å². The minimum atomic E-state index is -4.20. The van der Waals surface area contributed by atoms with E-state index in [-0.39, 0.29) is 10.5 Å². The van der Waals surface area contributed by atoms with Crippen molar-refractivity contribution in [2.45, 2.75) is 51.0 Å². The van der Waals surface area contributed by atoms with Crippen molar-refractivity contribution >= 4 is 25.8 Å². The highest BCUT2D eigenvalue weighted by Crippen LogP contribution is 2.52. The fourth-order valence-corrected chi connectivity index (χ4v) is 5.78. The molecule has 206 valence electrons. The first-order chi connectivity index (χ1) is 17.9. The van der Waals surface area contributed by atoms with Crippen LogP contribution in [-0.4, -0.2) is 62.5 Å². The number of aromatic nitrogens is 2. The van der Waals surface area contributed by atoms with Gasteiger partial charge < -0.3 is 24.2 Å². The van der Waals surface area contributed by atoms with Gasteiger partial charge in [-0.2, -0.15) is 0 Å². The highest BCUT2D eigenvalue weighted by molar-refractivity contribution is 7.71. The van der Waals surface area contributed by atoms with Crippen LogP contribution in [0.3, 0.4) is 0 Å². The minimum absolute atomic E-state index is 0.137. The summed E-state index contributed by atoms with van der Waals surface area (Å²) in [5, 5.41) is 25.0. The van der Waals surface area contributed by atoms with Crippen LogP contribution in [0.15, 0.2) is 52.5 Å². The van der Waals surface area contributed by atoms with Gasteiger partial charge in [0.25, 0.3) is 5.56 Å². The van der Waals surface area contributed by atoms with E-state index in [9.17, 15) is 29.9 Å². The first-order valence-electron chi connectivity index (χ1n) is 11.5. The molecule has 3 N–H and O–H groups in total. The van der Waals surface area contributed by atoms with Crippen LogP contribution >= 0.6 is 19.8 Å². The van der Waals surface area contributed by atoms with Gasteiger partial charge in [0.05, 0.1) is 24.8 Å². The maximum atomic E-state index is 13.9. The molecule has 1 aromatic heterocycles. The van der Waals surface area contributed by atoms with E-state index in [1.807, 2.05) is 0 Å². The number of esters is 1. The molecule has 2 heterocycles. The number of nitrogens with zero attached hydrogens (tertiary/aromatic N) is 4. The molecule has 1 aliphatic rings. The van der Waals surface area contributed by atoms with E-state index in [1.54, 1.807) is 32.0 Å². The molecule has 16 heteroatoms. The quantitative estimate of drug-likeness (QED) is 0.0902. The third-order valence-corrected chi connectivity index (χ3v) is 7.77. The maximum Gasteiger partial charge on any atom is 0.380 e. The molecular weight excluding hydrogens is 541 g/mol. The Hall–Kier alpha value is -3.03. The first-order valence-corrected chi connectivity index (χ1v) is 13.6. The fourth-order valence-electron chi connectivity index (χ4n) is 3.63. The average Bonchev–Trinajstić information content (AvgIpc) is 3.09. The summed E-state index contributed by atoms with van der Waals surface area (Å²) in [6.45, 7) is 3.98. The Kier molecular flexibility index (Phi) is 9.49. The van der Waals surface area contributed by atoms with Crippen LogP contribution in [0.1, 0.15) is 27.0 Å². The molecule has 0 radical (unpaired) electrons. The van der Waals surface area contributed by atoms with Gasteiger partial charge >= 0.3 is 13.6 Å². The summed E-state index contributed by atoms with van der Waals surface area (Å²) in [6.07, 6.45) is -4.58. The average molecular weight is 570 g/mol. The van der Waals surface area contributed by atoms with Crippen molar-refractivity contribution < 1.29 is 38.1 Å². The zero-order valence-electron chi connectivity index (χ0n) is 20.7. The number of H-pyrrole nitrogens is 1. The summed E-state index contributed by atoms with van der Waals surface area (Å²) in [7, 11) is -4.20. The van der Waals surface area contributed by atoms with Crippen LogP contribution in [0.25, 0.3) is 10.4 Å². The number of rotatable bonds is 11. The summed E-state index contributed by atoms with van der Waals surface area (Å²) < 4.78 is 37.1. The Morgan fingerprint density at radius 3 is 2.61 bits per heavy atom. The predicted octanol–water partition coefficient (Wildman–Crippen LogP) is 3.04. The smallest absolute Gasteiger partial charge is 0.380 e. The molecule has 1 aromatic carbocycles. The van der Waals surface area contributed by atoms with Crippen LogP contribution in [0.4, 0.5) is 0 Å². The Morgan fingerprint density at radius 1 is 1.32 bits per heavy atom. The molecule has 0 bridgehead atoms. The van der Waals surface area contributed by atoms with E-state index in [2.05, 4.69) is 15.0 Å². The number of carbonyl (C=O) groups excluding carboxylic acids is 1. The summed E-state index contributed by atoms with van der Waals surface area (Å²) in [4.78, 5) is 29.0. The summed E-state index contributed by atoms with van der Waals surface area (Å²) in [5.41, 5.74) is 6.42. The van der Waals surface area contributed by atoms with Gasteiger partial charge in [0.1, 0.15) is 18.0 Å². The number of benzene rings is 1. The summed E-state index contributed by atoms with van der Waals surface area (Å²) >= 11 is 5.10. The summed E-state index contributed by atoms with van der Waals surface area (Å²) in [6, 6.07) is 9.14. The van der Waals surface area contributed by atoms with Crippen molar-refractivity contribution in [1.82, 2.24) is 9.55 Å². The lowest BCUT2D eigenvalue weighted by Gasteiger charge is -2.29. The Labute approximate surface area is 222 Å². The Morgan fingerprint density at radius 2 is 2.00 bits per heavy atom. The second kappa shape index (κ2) is 12.2. The maximum absolute atomic E-state index is 13.9. The van der Waals surface area contributed by atoms with Gasteiger partial charge in [0.15, 0.2) is 11.0 Å². The fraction of sp³-hybridized carbons (Fsp3) is 0.500. The number of aliphatic hydroxyl groups excluding tert-OH is 2. The van der Waals surface area contributed by atoms with Crippen molar-refractivity contribution in [1.29, 1.82) is 0 Å². The van der Waals surface area contributed by atoms with Crippen LogP contribution in [-0.2, 0) is 23.4 Å². The van der Waals surface area contributed by atoms with Crippen LogP contribution in [0.5, 0.6) is 5.75 Å². The SMILES string of the molecule is CC(C)OC(=O)[C@H](C)CP(=O)(OC[C@@]1(N=[N+]=[N-])O[C@@H](n2ccc(=O)[nH]c2=S)C(O)[C@H]1O)Oc1ccccc1. The van der Waals surface area contributed by atoms with Gasteiger partial charge in [-0.1, -0.05) is 30.2 Å². The molecule has 3 rings (SSSR count). The number of hydrogen-bond acceptors (Lipinski definition) is 11. The Bertz CT molecular complexity index is 1350. The number of aliphatic hydroxyl groups is 2. The highest BCUT2D eigenvalue weighted by atomic mass is 32.1. The van der Waals surface area contributed by atoms with Gasteiger partial charge in [-0.3, -0.25) is 23.7 Å². The van der Waals surface area contributed by atoms with Crippen LogP contribution in [0, 0.1) is 10.7 Å². The van der Waals surface area contributed by atoms with Gasteiger partial charge in [0.2, 0.25) is 5.72 Å². The van der Waals surface area contributed by atoms with Gasteiger partial charge in [0, 0.05) is 17.2 Å². The zero-order valence-corrected chi connectivity index (χ0v) is 22.4. The molecular formula is C22H28N5O9PS. The van der Waals surface area contributed by atoms with Crippen molar-refractivity contribution in [3.05, 3.63) is 68.2 Å². The van der Waals surface area contributed by atoms with E-state index < -0.39 is 68.1 Å². The molecule has 1 saturated heterocycles. The van der Waals surface area contributed by atoms with Gasteiger partial charge in [-0.25, -0.2) is 4.57 Å². The number of ether oxygens (including phenoxy) is 2. The second-order valence-corrected chi connectivity index (χ2v) is 11.3. The molecule has 0 amide bonds. The normalized spacial score (nSPS) is 25.3. The standard InChI is InChI=1S/C22H28N5O9PS/c1-13(2)34-20(31)14(3)11-37(32,36-15-7-5-4-6-8-15)33-12-22(25-26-23)18(30)17(29)19(35-22)27-10-9-16(28)24-21(27)38/h4-10,13-14,17-19,29-30H,11-12H2,1-3H3,(H,24,28,38)/t14-,17?,18-,19-,22-,37?/m1/s1. The molecule has 1 fully saturated rings. The molecule has 6 atom stereocenters. The van der Waals surface area contributed by atoms with E-state index >= 15 is 0 Å². The number of para-hydroxylation sites is 1. The third kappa shape index (κ3) is 6.88. The third-order valence-electron chi connectivity index (χ3n) is 5.45. The first kappa shape index (κ1) is 29.5. The molecule has 2 unspecified atom stereocenters. The molecule has 0 saturated carbocycles. The number of nitrogens with one attached hydrogen (secondary N) is 1. The van der Waals surface area contributed by atoms with Crippen molar-refractivity contribution in [3.8, 4) is 5.75 Å². The molecule has 38 heavy (non-hydrogen) atoms. The lowest BCUT2D eigenvalue weighted by molar-refractivity contribution is -0.151. The monoisotopic (exact) mass is 569 g/mol. The lowest BCUT2D eigenvalue weighted by Crippen LogP contribution is -2.45.